The molecule has 0 aromatic carbocycles. The first-order valence-electron chi connectivity index (χ1n) is 11.1. The van der Waals surface area contributed by atoms with E-state index in [1.54, 1.807) is 6.33 Å². The molecule has 1 aromatic rings. The van der Waals surface area contributed by atoms with Gasteiger partial charge in [-0.2, -0.15) is 0 Å². The van der Waals surface area contributed by atoms with Crippen LogP contribution in [-0.4, -0.2) is 84.6 Å². The Labute approximate surface area is 168 Å². The maximum Gasteiger partial charge on any atom is 0.134 e. The van der Waals surface area contributed by atoms with Crippen molar-refractivity contribution in [2.45, 2.75) is 57.1 Å². The lowest BCUT2D eigenvalue weighted by Crippen LogP contribution is -2.42. The Hall–Kier alpha value is -1.44. The molecule has 3 saturated heterocycles. The topological polar surface area (TPSA) is 65.0 Å². The number of likely N-dealkylation sites (tertiary alicyclic amines) is 1. The van der Waals surface area contributed by atoms with Gasteiger partial charge < -0.3 is 24.5 Å². The summed E-state index contributed by atoms with van der Waals surface area (Å²) < 4.78 is 6.14. The van der Waals surface area contributed by atoms with Crippen molar-refractivity contribution >= 4 is 11.6 Å². The van der Waals surface area contributed by atoms with E-state index < -0.39 is 0 Å². The number of hydrogen-bond acceptors (Lipinski definition) is 7. The molecule has 1 N–H and O–H groups in total. The maximum absolute atomic E-state index is 9.70. The number of piperidine rings is 2. The summed E-state index contributed by atoms with van der Waals surface area (Å²) in [7, 11) is 0. The van der Waals surface area contributed by atoms with E-state index in [0.717, 1.165) is 70.1 Å². The van der Waals surface area contributed by atoms with Crippen molar-refractivity contribution in [2.24, 2.45) is 0 Å². The van der Waals surface area contributed by atoms with Crippen LogP contribution in [0.4, 0.5) is 11.6 Å². The minimum atomic E-state index is 0.186. The lowest BCUT2D eigenvalue weighted by molar-refractivity contribution is 0.0265. The molecule has 0 radical (unpaired) electrons. The number of nitrogens with zero attached hydrogens (tertiary/aromatic N) is 5. The summed E-state index contributed by atoms with van der Waals surface area (Å²) in [5.74, 6) is 1.95. The van der Waals surface area contributed by atoms with Crippen molar-refractivity contribution in [3.63, 3.8) is 0 Å². The summed E-state index contributed by atoms with van der Waals surface area (Å²) in [5, 5.41) is 9.70. The number of aromatic nitrogens is 2. The molecule has 28 heavy (non-hydrogen) atoms. The fourth-order valence-electron chi connectivity index (χ4n) is 4.77. The number of aliphatic hydroxyl groups excluding tert-OH is 1. The predicted molar refractivity (Wildman–Crippen MR) is 111 cm³/mol. The summed E-state index contributed by atoms with van der Waals surface area (Å²) in [4.78, 5) is 16.1. The molecule has 156 valence electrons. The molecule has 4 heterocycles. The zero-order valence-corrected chi connectivity index (χ0v) is 17.0. The van der Waals surface area contributed by atoms with Crippen LogP contribution in [0.15, 0.2) is 12.4 Å². The van der Waals surface area contributed by atoms with Gasteiger partial charge in [0.15, 0.2) is 0 Å². The Morgan fingerprint density at radius 2 is 1.68 bits per heavy atom. The van der Waals surface area contributed by atoms with Gasteiger partial charge in [-0.05, 0) is 58.0 Å². The van der Waals surface area contributed by atoms with Crippen molar-refractivity contribution in [3.05, 3.63) is 12.4 Å². The van der Waals surface area contributed by atoms with E-state index >= 15 is 0 Å². The third-order valence-electron chi connectivity index (χ3n) is 6.50. The zero-order valence-electron chi connectivity index (χ0n) is 17.0. The van der Waals surface area contributed by atoms with Gasteiger partial charge in [0.1, 0.15) is 18.0 Å². The van der Waals surface area contributed by atoms with Crippen molar-refractivity contribution < 1.29 is 9.84 Å². The summed E-state index contributed by atoms with van der Waals surface area (Å²) >= 11 is 0. The smallest absolute Gasteiger partial charge is 0.134 e. The Morgan fingerprint density at radius 3 is 2.46 bits per heavy atom. The van der Waals surface area contributed by atoms with E-state index in [-0.39, 0.29) is 12.6 Å². The van der Waals surface area contributed by atoms with Gasteiger partial charge in [0.2, 0.25) is 0 Å². The van der Waals surface area contributed by atoms with Gasteiger partial charge in [-0.25, -0.2) is 9.97 Å². The molecule has 1 atom stereocenters. The second-order valence-electron chi connectivity index (χ2n) is 8.37. The van der Waals surface area contributed by atoms with Crippen LogP contribution < -0.4 is 9.80 Å². The molecular formula is C21H35N5O2. The van der Waals surface area contributed by atoms with E-state index in [9.17, 15) is 5.11 Å². The average molecular weight is 390 g/mol. The first kappa shape index (κ1) is 19.9. The molecule has 0 spiro atoms. The van der Waals surface area contributed by atoms with Gasteiger partial charge >= 0.3 is 0 Å². The third-order valence-corrected chi connectivity index (χ3v) is 6.50. The van der Waals surface area contributed by atoms with Crippen molar-refractivity contribution in [1.29, 1.82) is 0 Å². The van der Waals surface area contributed by atoms with E-state index in [1.165, 1.54) is 32.4 Å². The summed E-state index contributed by atoms with van der Waals surface area (Å²) in [5.41, 5.74) is 0. The van der Waals surface area contributed by atoms with Crippen molar-refractivity contribution in [2.75, 3.05) is 62.3 Å². The largest absolute Gasteiger partial charge is 0.394 e. The van der Waals surface area contributed by atoms with Crippen LogP contribution in [0.25, 0.3) is 0 Å². The first-order valence-corrected chi connectivity index (χ1v) is 11.1. The highest BCUT2D eigenvalue weighted by Crippen LogP contribution is 2.26. The first-order chi connectivity index (χ1) is 13.8. The number of rotatable bonds is 7. The molecular weight excluding hydrogens is 354 g/mol. The lowest BCUT2D eigenvalue weighted by Gasteiger charge is -2.36. The Kier molecular flexibility index (Phi) is 6.99. The molecule has 7 heteroatoms. The van der Waals surface area contributed by atoms with Gasteiger partial charge in [-0.3, -0.25) is 0 Å². The molecule has 1 unspecified atom stereocenters. The molecule has 4 rings (SSSR count). The fraction of sp³-hybridized carbons (Fsp3) is 0.810. The van der Waals surface area contributed by atoms with E-state index in [1.807, 2.05) is 0 Å². The standard InChI is InChI=1S/C21H35N5O2/c27-16-18-5-1-2-10-26(18)21-15-20(22-17-23-21)25-11-6-19(7-12-25)28-14-13-24-8-3-4-9-24/h15,17-19,27H,1-14,16H2. The van der Waals surface area contributed by atoms with Gasteiger partial charge in [0.05, 0.1) is 25.4 Å². The second kappa shape index (κ2) is 9.85. The van der Waals surface area contributed by atoms with Gasteiger partial charge in [-0.1, -0.05) is 0 Å². The molecule has 3 aliphatic rings. The molecule has 0 bridgehead atoms. The number of ether oxygens (including phenoxy) is 1. The van der Waals surface area contributed by atoms with Crippen LogP contribution >= 0.6 is 0 Å². The highest BCUT2D eigenvalue weighted by Gasteiger charge is 2.25. The number of hydrogen-bond donors (Lipinski definition) is 1. The van der Waals surface area contributed by atoms with E-state index in [4.69, 9.17) is 4.74 Å². The lowest BCUT2D eigenvalue weighted by atomic mass is 10.0. The van der Waals surface area contributed by atoms with Crippen LogP contribution in [0.2, 0.25) is 0 Å². The Bertz CT molecular complexity index is 602. The van der Waals surface area contributed by atoms with Crippen molar-refractivity contribution in [1.82, 2.24) is 14.9 Å². The van der Waals surface area contributed by atoms with Gasteiger partial charge in [0, 0.05) is 32.2 Å². The molecule has 0 saturated carbocycles. The Morgan fingerprint density at radius 1 is 0.929 bits per heavy atom. The molecule has 3 aliphatic heterocycles. The van der Waals surface area contributed by atoms with Gasteiger partial charge in [-0.15, -0.1) is 0 Å². The SMILES string of the molecule is OCC1CCCCN1c1cc(N2CCC(OCCN3CCCC3)CC2)ncn1. The summed E-state index contributed by atoms with van der Waals surface area (Å²) in [6.07, 6.45) is 10.2. The zero-order chi connectivity index (χ0) is 19.2. The highest BCUT2D eigenvalue weighted by atomic mass is 16.5. The van der Waals surface area contributed by atoms with Crippen molar-refractivity contribution in [3.8, 4) is 0 Å². The van der Waals surface area contributed by atoms with Crippen LogP contribution in [0.3, 0.4) is 0 Å². The molecule has 0 aliphatic carbocycles. The fourth-order valence-corrected chi connectivity index (χ4v) is 4.77. The van der Waals surface area contributed by atoms with E-state index in [0.29, 0.717) is 6.10 Å². The number of aliphatic hydroxyl groups is 1. The summed E-state index contributed by atoms with van der Waals surface area (Å²) in [6.45, 7) is 7.55. The maximum atomic E-state index is 9.70. The quantitative estimate of drug-likeness (QED) is 0.764. The summed E-state index contributed by atoms with van der Waals surface area (Å²) in [6, 6.07) is 2.29. The van der Waals surface area contributed by atoms with Crippen LogP contribution in [0.1, 0.15) is 44.9 Å². The normalized spacial score (nSPS) is 24.8. The van der Waals surface area contributed by atoms with Crippen LogP contribution in [0, 0.1) is 0 Å². The van der Waals surface area contributed by atoms with Crippen LogP contribution in [-0.2, 0) is 4.74 Å². The molecule has 0 amide bonds. The molecule has 3 fully saturated rings. The minimum Gasteiger partial charge on any atom is -0.394 e. The van der Waals surface area contributed by atoms with Gasteiger partial charge in [0.25, 0.3) is 0 Å². The second-order valence-corrected chi connectivity index (χ2v) is 8.37. The average Bonchev–Trinajstić information content (AvgIpc) is 3.28. The predicted octanol–water partition coefficient (Wildman–Crippen LogP) is 1.91. The highest BCUT2D eigenvalue weighted by molar-refractivity contribution is 5.51. The minimum absolute atomic E-state index is 0.186. The third kappa shape index (κ3) is 4.93. The number of anilines is 2. The van der Waals surface area contributed by atoms with E-state index in [2.05, 4.69) is 30.7 Å². The monoisotopic (exact) mass is 389 g/mol. The molecule has 7 nitrogen and oxygen atoms in total. The Balaban J connectivity index is 1.27. The van der Waals surface area contributed by atoms with Crippen LogP contribution in [0.5, 0.6) is 0 Å². The molecule has 1 aromatic heterocycles.